The Morgan fingerprint density at radius 2 is 2.06 bits per heavy atom. The Bertz CT molecular complexity index is 604. The Kier molecular flexibility index (Phi) is 2.63. The molecule has 0 fully saturated rings. The van der Waals surface area contributed by atoms with Crippen LogP contribution in [0.25, 0.3) is 5.69 Å². The normalized spacial score (nSPS) is 9.88. The summed E-state index contributed by atoms with van der Waals surface area (Å²) in [5.41, 5.74) is 1.48. The molecule has 0 saturated heterocycles. The SMILES string of the molecule is Cc1ccc(-n2cnc(C(=N)C#N)c2O)cc1. The maximum Gasteiger partial charge on any atom is 0.226 e. The van der Waals surface area contributed by atoms with Crippen molar-refractivity contribution in [1.29, 1.82) is 10.7 Å². The van der Waals surface area contributed by atoms with E-state index in [1.54, 1.807) is 6.07 Å². The Hall–Kier alpha value is -2.61. The number of nitriles is 1. The van der Waals surface area contributed by atoms with Crippen LogP contribution in [0.2, 0.25) is 0 Å². The van der Waals surface area contributed by atoms with Gasteiger partial charge >= 0.3 is 0 Å². The van der Waals surface area contributed by atoms with Gasteiger partial charge in [-0.05, 0) is 19.1 Å². The minimum absolute atomic E-state index is 0.00641. The quantitative estimate of drug-likeness (QED) is 0.765. The van der Waals surface area contributed by atoms with Crippen molar-refractivity contribution in [2.24, 2.45) is 0 Å². The van der Waals surface area contributed by atoms with Crippen molar-refractivity contribution in [2.75, 3.05) is 0 Å². The molecule has 0 saturated carbocycles. The van der Waals surface area contributed by atoms with Gasteiger partial charge in [0.05, 0.1) is 5.69 Å². The molecule has 0 aliphatic carbocycles. The third-order valence-electron chi connectivity index (χ3n) is 2.40. The second-order valence-corrected chi connectivity index (χ2v) is 3.61. The lowest BCUT2D eigenvalue weighted by molar-refractivity contribution is 0.441. The fourth-order valence-electron chi connectivity index (χ4n) is 1.47. The molecule has 1 heterocycles. The van der Waals surface area contributed by atoms with Crippen molar-refractivity contribution in [3.63, 3.8) is 0 Å². The Morgan fingerprint density at radius 3 is 2.65 bits per heavy atom. The van der Waals surface area contributed by atoms with Gasteiger partial charge in [-0.15, -0.1) is 0 Å². The number of hydrogen-bond donors (Lipinski definition) is 2. The predicted octanol–water partition coefficient (Wildman–Crippen LogP) is 1.78. The van der Waals surface area contributed by atoms with E-state index in [0.29, 0.717) is 0 Å². The topological polar surface area (TPSA) is 85.7 Å². The summed E-state index contributed by atoms with van der Waals surface area (Å²) in [4.78, 5) is 3.85. The van der Waals surface area contributed by atoms with Gasteiger partial charge < -0.3 is 5.11 Å². The molecule has 84 valence electrons. The van der Waals surface area contributed by atoms with Crippen LogP contribution in [0.3, 0.4) is 0 Å². The molecule has 17 heavy (non-hydrogen) atoms. The highest BCUT2D eigenvalue weighted by atomic mass is 16.3. The molecule has 0 amide bonds. The van der Waals surface area contributed by atoms with Gasteiger partial charge in [0.2, 0.25) is 5.88 Å². The number of rotatable bonds is 2. The van der Waals surface area contributed by atoms with E-state index < -0.39 is 0 Å². The first kappa shape index (κ1) is 10.9. The van der Waals surface area contributed by atoms with Gasteiger partial charge in [0.25, 0.3) is 0 Å². The smallest absolute Gasteiger partial charge is 0.226 e. The predicted molar refractivity (Wildman–Crippen MR) is 62.4 cm³/mol. The minimum Gasteiger partial charge on any atom is -0.493 e. The van der Waals surface area contributed by atoms with Gasteiger partial charge in [-0.2, -0.15) is 5.26 Å². The van der Waals surface area contributed by atoms with Crippen LogP contribution >= 0.6 is 0 Å². The average molecular weight is 226 g/mol. The molecule has 2 N–H and O–H groups in total. The van der Waals surface area contributed by atoms with Crippen molar-refractivity contribution in [3.8, 4) is 17.6 Å². The number of hydrogen-bond acceptors (Lipinski definition) is 4. The van der Waals surface area contributed by atoms with Crippen molar-refractivity contribution >= 4 is 5.71 Å². The van der Waals surface area contributed by atoms with E-state index in [4.69, 9.17) is 10.7 Å². The van der Waals surface area contributed by atoms with E-state index >= 15 is 0 Å². The lowest BCUT2D eigenvalue weighted by Crippen LogP contribution is -1.96. The molecule has 5 nitrogen and oxygen atoms in total. The van der Waals surface area contributed by atoms with Crippen LogP contribution in [0.4, 0.5) is 0 Å². The Labute approximate surface area is 98.1 Å². The van der Waals surface area contributed by atoms with Gasteiger partial charge in [0, 0.05) is 0 Å². The van der Waals surface area contributed by atoms with Gasteiger partial charge in [-0.3, -0.25) is 9.98 Å². The van der Waals surface area contributed by atoms with E-state index in [1.807, 2.05) is 31.2 Å². The highest BCUT2D eigenvalue weighted by Gasteiger charge is 2.14. The number of nitrogens with one attached hydrogen (secondary N) is 1. The summed E-state index contributed by atoms with van der Waals surface area (Å²) in [5.74, 6) is -0.194. The highest BCUT2D eigenvalue weighted by molar-refractivity contribution is 6.09. The molecule has 0 aliphatic rings. The van der Waals surface area contributed by atoms with Gasteiger partial charge in [-0.1, -0.05) is 17.7 Å². The first-order valence-corrected chi connectivity index (χ1v) is 4.96. The molecule has 1 aromatic heterocycles. The fraction of sp³-hybridized carbons (Fsp3) is 0.0833. The number of aromatic hydroxyl groups is 1. The second kappa shape index (κ2) is 4.10. The third-order valence-corrected chi connectivity index (χ3v) is 2.40. The zero-order valence-electron chi connectivity index (χ0n) is 9.18. The monoisotopic (exact) mass is 226 g/mol. The van der Waals surface area contributed by atoms with Crippen molar-refractivity contribution in [1.82, 2.24) is 9.55 Å². The lowest BCUT2D eigenvalue weighted by Gasteiger charge is -2.04. The van der Waals surface area contributed by atoms with Gasteiger partial charge in [-0.25, -0.2) is 4.98 Å². The molecule has 0 bridgehead atoms. The molecule has 0 spiro atoms. The zero-order chi connectivity index (χ0) is 12.4. The number of imidazole rings is 1. The molecule has 0 atom stereocenters. The van der Waals surface area contributed by atoms with Crippen molar-refractivity contribution in [2.45, 2.75) is 6.92 Å². The van der Waals surface area contributed by atoms with E-state index in [0.717, 1.165) is 11.3 Å². The maximum absolute atomic E-state index is 9.86. The summed E-state index contributed by atoms with van der Waals surface area (Å²) in [6, 6.07) is 9.12. The van der Waals surface area contributed by atoms with Crippen LogP contribution in [-0.2, 0) is 0 Å². The molecule has 2 aromatic rings. The van der Waals surface area contributed by atoms with Crippen LogP contribution in [0.15, 0.2) is 30.6 Å². The summed E-state index contributed by atoms with van der Waals surface area (Å²) in [5, 5.41) is 25.8. The summed E-state index contributed by atoms with van der Waals surface area (Å²) < 4.78 is 1.43. The van der Waals surface area contributed by atoms with E-state index in [-0.39, 0.29) is 17.3 Å². The first-order valence-electron chi connectivity index (χ1n) is 4.96. The van der Waals surface area contributed by atoms with Gasteiger partial charge in [0.1, 0.15) is 12.4 Å². The standard InChI is InChI=1S/C12H10N4O/c1-8-2-4-9(5-3-8)16-7-15-11(12(16)17)10(14)6-13/h2-5,7,14,17H,1H3. The molecule has 2 rings (SSSR count). The molecule has 5 heteroatoms. The summed E-state index contributed by atoms with van der Waals surface area (Å²) >= 11 is 0. The minimum atomic E-state index is -0.353. The highest BCUT2D eigenvalue weighted by Crippen LogP contribution is 2.21. The number of aryl methyl sites for hydroxylation is 1. The molecule has 1 aromatic carbocycles. The van der Waals surface area contributed by atoms with Gasteiger partial charge in [0.15, 0.2) is 11.4 Å². The van der Waals surface area contributed by atoms with Crippen molar-refractivity contribution in [3.05, 3.63) is 41.9 Å². The number of aromatic nitrogens is 2. The fourth-order valence-corrected chi connectivity index (χ4v) is 1.47. The summed E-state index contributed by atoms with van der Waals surface area (Å²) in [6.45, 7) is 1.97. The first-order chi connectivity index (χ1) is 8.13. The second-order valence-electron chi connectivity index (χ2n) is 3.61. The Morgan fingerprint density at radius 1 is 1.41 bits per heavy atom. The molecule has 0 radical (unpaired) electrons. The van der Waals surface area contributed by atoms with E-state index in [9.17, 15) is 5.11 Å². The summed E-state index contributed by atoms with van der Waals surface area (Å²) in [7, 11) is 0. The Balaban J connectivity index is 2.48. The average Bonchev–Trinajstić information content (AvgIpc) is 2.71. The molecule has 0 aliphatic heterocycles. The largest absolute Gasteiger partial charge is 0.493 e. The van der Waals surface area contributed by atoms with E-state index in [1.165, 1.54) is 10.9 Å². The van der Waals surface area contributed by atoms with Crippen LogP contribution in [0.1, 0.15) is 11.3 Å². The third kappa shape index (κ3) is 1.88. The maximum atomic E-state index is 9.86. The summed E-state index contributed by atoms with van der Waals surface area (Å²) in [6.07, 6.45) is 1.39. The van der Waals surface area contributed by atoms with E-state index in [2.05, 4.69) is 4.98 Å². The molecular formula is C12H10N4O. The lowest BCUT2D eigenvalue weighted by atomic mass is 10.2. The van der Waals surface area contributed by atoms with Crippen molar-refractivity contribution < 1.29 is 5.11 Å². The molecular weight excluding hydrogens is 216 g/mol. The number of benzene rings is 1. The van der Waals surface area contributed by atoms with Crippen LogP contribution in [0.5, 0.6) is 5.88 Å². The van der Waals surface area contributed by atoms with Crippen LogP contribution in [0, 0.1) is 23.7 Å². The zero-order valence-corrected chi connectivity index (χ0v) is 9.18. The molecule has 0 unspecified atom stereocenters. The van der Waals surface area contributed by atoms with Crippen LogP contribution < -0.4 is 0 Å². The number of nitrogens with zero attached hydrogens (tertiary/aromatic N) is 3. The van der Waals surface area contributed by atoms with Crippen LogP contribution in [-0.4, -0.2) is 20.4 Å².